The van der Waals surface area contributed by atoms with E-state index in [2.05, 4.69) is 0 Å². The fourth-order valence-electron chi connectivity index (χ4n) is 1.13. The highest BCUT2D eigenvalue weighted by atomic mass is 19.1. The van der Waals surface area contributed by atoms with Gasteiger partial charge in [-0.25, -0.2) is 4.39 Å². The van der Waals surface area contributed by atoms with Crippen molar-refractivity contribution in [3.8, 4) is 0 Å². The molecule has 5 nitrogen and oxygen atoms in total. The molecule has 0 aromatic heterocycles. The zero-order valence-corrected chi connectivity index (χ0v) is 7.18. The summed E-state index contributed by atoms with van der Waals surface area (Å²) in [5, 5.41) is 19.8. The Morgan fingerprint density at radius 3 is 2.79 bits per heavy atom. The van der Waals surface area contributed by atoms with Gasteiger partial charge in [-0.15, -0.1) is 0 Å². The first-order valence-electron chi connectivity index (χ1n) is 3.89. The maximum Gasteiger partial charge on any atom is 0.278 e. The molecule has 0 amide bonds. The SMILES string of the molecule is NC[C@@H](O)c1c(F)cccc1[N+](=O)[O-]. The number of hydrogen-bond donors (Lipinski definition) is 2. The monoisotopic (exact) mass is 200 g/mol. The van der Waals surface area contributed by atoms with Crippen LogP contribution in [0.4, 0.5) is 10.1 Å². The minimum atomic E-state index is -1.35. The van der Waals surface area contributed by atoms with Crippen LogP contribution in [0.3, 0.4) is 0 Å². The van der Waals surface area contributed by atoms with Gasteiger partial charge in [-0.1, -0.05) is 6.07 Å². The van der Waals surface area contributed by atoms with E-state index in [-0.39, 0.29) is 12.1 Å². The Morgan fingerprint density at radius 2 is 2.29 bits per heavy atom. The molecule has 0 aliphatic heterocycles. The summed E-state index contributed by atoms with van der Waals surface area (Å²) in [5.41, 5.74) is 4.29. The standard InChI is InChI=1S/C8H9FN2O3/c9-5-2-1-3-6(11(13)14)8(5)7(12)4-10/h1-3,7,12H,4,10H2/t7-/m1/s1. The van der Waals surface area contributed by atoms with Gasteiger partial charge in [0.2, 0.25) is 0 Å². The third kappa shape index (κ3) is 1.86. The Labute approximate surface area is 79.1 Å². The number of benzene rings is 1. The molecule has 1 aromatic rings. The molecule has 0 saturated heterocycles. The van der Waals surface area contributed by atoms with Crippen LogP contribution in [-0.4, -0.2) is 16.6 Å². The van der Waals surface area contributed by atoms with Gasteiger partial charge >= 0.3 is 0 Å². The first kappa shape index (κ1) is 10.6. The molecule has 0 heterocycles. The third-order valence-electron chi connectivity index (χ3n) is 1.78. The van der Waals surface area contributed by atoms with Gasteiger partial charge in [-0.05, 0) is 6.07 Å². The minimum Gasteiger partial charge on any atom is -0.387 e. The van der Waals surface area contributed by atoms with Gasteiger partial charge in [0, 0.05) is 12.6 Å². The Morgan fingerprint density at radius 1 is 1.64 bits per heavy atom. The van der Waals surface area contributed by atoms with Crippen molar-refractivity contribution in [2.75, 3.05) is 6.54 Å². The number of aliphatic hydroxyl groups excluding tert-OH is 1. The number of nitro groups is 1. The summed E-state index contributed by atoms with van der Waals surface area (Å²) in [7, 11) is 0. The number of nitrogens with zero attached hydrogens (tertiary/aromatic N) is 1. The molecule has 0 spiro atoms. The van der Waals surface area contributed by atoms with Gasteiger partial charge in [0.25, 0.3) is 5.69 Å². The van der Waals surface area contributed by atoms with Crippen molar-refractivity contribution in [3.05, 3.63) is 39.7 Å². The van der Waals surface area contributed by atoms with Crippen molar-refractivity contribution in [1.82, 2.24) is 0 Å². The summed E-state index contributed by atoms with van der Waals surface area (Å²) >= 11 is 0. The van der Waals surface area contributed by atoms with Gasteiger partial charge in [-0.3, -0.25) is 10.1 Å². The fourth-order valence-corrected chi connectivity index (χ4v) is 1.13. The molecule has 76 valence electrons. The molecular weight excluding hydrogens is 191 g/mol. The van der Waals surface area contributed by atoms with E-state index in [4.69, 9.17) is 5.73 Å². The largest absolute Gasteiger partial charge is 0.387 e. The molecule has 0 aliphatic carbocycles. The van der Waals surface area contributed by atoms with Crippen LogP contribution in [0.25, 0.3) is 0 Å². The van der Waals surface area contributed by atoms with E-state index in [0.717, 1.165) is 12.1 Å². The van der Waals surface area contributed by atoms with Crippen molar-refractivity contribution in [3.63, 3.8) is 0 Å². The van der Waals surface area contributed by atoms with Gasteiger partial charge in [0.05, 0.1) is 10.5 Å². The van der Waals surface area contributed by atoms with Crippen LogP contribution in [0.15, 0.2) is 18.2 Å². The second-order valence-corrected chi connectivity index (χ2v) is 2.68. The van der Waals surface area contributed by atoms with Crippen LogP contribution in [-0.2, 0) is 0 Å². The third-order valence-corrected chi connectivity index (χ3v) is 1.78. The molecule has 14 heavy (non-hydrogen) atoms. The van der Waals surface area contributed by atoms with Gasteiger partial charge < -0.3 is 10.8 Å². The van der Waals surface area contributed by atoms with E-state index in [1.807, 2.05) is 0 Å². The minimum absolute atomic E-state index is 0.262. The molecule has 1 rings (SSSR count). The number of halogens is 1. The van der Waals surface area contributed by atoms with E-state index in [9.17, 15) is 19.6 Å². The van der Waals surface area contributed by atoms with E-state index in [1.165, 1.54) is 6.07 Å². The topological polar surface area (TPSA) is 89.4 Å². The van der Waals surface area contributed by atoms with Crippen LogP contribution in [0.5, 0.6) is 0 Å². The first-order valence-corrected chi connectivity index (χ1v) is 3.89. The van der Waals surface area contributed by atoms with Crippen LogP contribution < -0.4 is 5.73 Å². The molecule has 0 saturated carbocycles. The number of rotatable bonds is 3. The Bertz CT molecular complexity index is 356. The number of hydrogen-bond acceptors (Lipinski definition) is 4. The van der Waals surface area contributed by atoms with Crippen LogP contribution in [0.2, 0.25) is 0 Å². The van der Waals surface area contributed by atoms with Crippen molar-refractivity contribution in [1.29, 1.82) is 0 Å². The summed E-state index contributed by atoms with van der Waals surface area (Å²) in [6.07, 6.45) is -1.35. The molecule has 1 aromatic carbocycles. The molecule has 0 bridgehead atoms. The molecule has 6 heteroatoms. The van der Waals surface area contributed by atoms with E-state index >= 15 is 0 Å². The molecule has 3 N–H and O–H groups in total. The second-order valence-electron chi connectivity index (χ2n) is 2.68. The van der Waals surface area contributed by atoms with Crippen molar-refractivity contribution >= 4 is 5.69 Å². The lowest BCUT2D eigenvalue weighted by Gasteiger charge is -2.08. The van der Waals surface area contributed by atoms with E-state index in [0.29, 0.717) is 0 Å². The summed E-state index contributed by atoms with van der Waals surface area (Å²) in [4.78, 5) is 9.73. The highest BCUT2D eigenvalue weighted by Crippen LogP contribution is 2.26. The summed E-state index contributed by atoms with van der Waals surface area (Å²) in [6, 6.07) is 3.37. The van der Waals surface area contributed by atoms with Gasteiger partial charge in [0.15, 0.2) is 0 Å². The number of aliphatic hydroxyl groups is 1. The van der Waals surface area contributed by atoms with Crippen molar-refractivity contribution in [2.45, 2.75) is 6.10 Å². The molecule has 0 aliphatic rings. The average Bonchev–Trinajstić information content (AvgIpc) is 2.16. The predicted octanol–water partition coefficient (Wildman–Crippen LogP) is 0.726. The van der Waals surface area contributed by atoms with Gasteiger partial charge in [0.1, 0.15) is 11.9 Å². The summed E-state index contributed by atoms with van der Waals surface area (Å²) < 4.78 is 13.1. The Hall–Kier alpha value is -1.53. The maximum absolute atomic E-state index is 13.1. The van der Waals surface area contributed by atoms with Crippen LogP contribution in [0, 0.1) is 15.9 Å². The zero-order chi connectivity index (χ0) is 10.7. The predicted molar refractivity (Wildman–Crippen MR) is 47.1 cm³/mol. The normalized spacial score (nSPS) is 12.5. The lowest BCUT2D eigenvalue weighted by Crippen LogP contribution is -2.14. The van der Waals surface area contributed by atoms with E-state index in [1.54, 1.807) is 0 Å². The fraction of sp³-hybridized carbons (Fsp3) is 0.250. The number of nitrogens with two attached hydrogens (primary N) is 1. The van der Waals surface area contributed by atoms with Crippen molar-refractivity contribution in [2.24, 2.45) is 5.73 Å². The van der Waals surface area contributed by atoms with Crippen LogP contribution >= 0.6 is 0 Å². The Balaban J connectivity index is 3.29. The smallest absolute Gasteiger partial charge is 0.278 e. The average molecular weight is 200 g/mol. The maximum atomic E-state index is 13.1. The van der Waals surface area contributed by atoms with Crippen LogP contribution in [0.1, 0.15) is 11.7 Å². The van der Waals surface area contributed by atoms with Crippen molar-refractivity contribution < 1.29 is 14.4 Å². The lowest BCUT2D eigenvalue weighted by molar-refractivity contribution is -0.386. The van der Waals surface area contributed by atoms with Gasteiger partial charge in [-0.2, -0.15) is 0 Å². The molecule has 0 radical (unpaired) electrons. The zero-order valence-electron chi connectivity index (χ0n) is 7.18. The quantitative estimate of drug-likeness (QED) is 0.555. The Kier molecular flexibility index (Phi) is 3.10. The second kappa shape index (κ2) is 4.12. The lowest BCUT2D eigenvalue weighted by atomic mass is 10.1. The molecule has 0 fully saturated rings. The highest BCUT2D eigenvalue weighted by molar-refractivity contribution is 5.42. The molecule has 1 atom stereocenters. The summed E-state index contributed by atoms with van der Waals surface area (Å²) in [6.45, 7) is -0.262. The molecule has 0 unspecified atom stereocenters. The highest BCUT2D eigenvalue weighted by Gasteiger charge is 2.23. The number of nitro benzene ring substituents is 1. The summed E-state index contributed by atoms with van der Waals surface area (Å²) in [5.74, 6) is -0.822. The van der Waals surface area contributed by atoms with E-state index < -0.39 is 22.5 Å². The first-order chi connectivity index (χ1) is 6.57. The molecular formula is C8H9FN2O3.